The Balaban J connectivity index is 1.68. The maximum Gasteiger partial charge on any atom is 0.573 e. The van der Waals surface area contributed by atoms with Gasteiger partial charge in [-0.15, -0.1) is 36.7 Å². The minimum atomic E-state index is -4.89. The van der Waals surface area contributed by atoms with Crippen molar-refractivity contribution in [3.63, 3.8) is 0 Å². The minimum Gasteiger partial charge on any atom is -0.495 e. The molecule has 2 aromatic carbocycles. The lowest BCUT2D eigenvalue weighted by Gasteiger charge is -2.54. The van der Waals surface area contributed by atoms with Crippen LogP contribution in [0, 0.1) is 0 Å². The Morgan fingerprint density at radius 3 is 1.35 bits per heavy atom. The van der Waals surface area contributed by atoms with Crippen LogP contribution in [0.1, 0.15) is 29.2 Å². The summed E-state index contributed by atoms with van der Waals surface area (Å²) in [6.45, 7) is 2.31. The third-order valence-electron chi connectivity index (χ3n) is 9.01. The van der Waals surface area contributed by atoms with E-state index in [9.17, 15) is 22.8 Å². The lowest BCUT2D eigenvalue weighted by Crippen LogP contribution is -2.61. The number of methoxy groups -OCH3 is 4. The molecule has 4 aromatic rings. The highest BCUT2D eigenvalue weighted by Crippen LogP contribution is 2.70. The SMILES string of the molecule is CCOc1ccc(CN2C(=O)CSC2(c2c(OC)cncc2OC)C2(c3c(OC)cncc3OC)SCC(=O)N2Cc2ccc(OC(F)(F)F)cc2)cc1. The van der Waals surface area contributed by atoms with E-state index in [1.54, 1.807) is 9.80 Å². The normalized spacial score (nSPS) is 19.9. The molecule has 0 bridgehead atoms. The zero-order valence-electron chi connectivity index (χ0n) is 30.0. The Hall–Kier alpha value is -5.03. The van der Waals surface area contributed by atoms with Crippen molar-refractivity contribution in [2.24, 2.45) is 0 Å². The van der Waals surface area contributed by atoms with E-state index in [2.05, 4.69) is 14.7 Å². The van der Waals surface area contributed by atoms with Gasteiger partial charge in [-0.25, -0.2) is 0 Å². The topological polar surface area (TPSA) is 122 Å². The van der Waals surface area contributed by atoms with Gasteiger partial charge in [-0.2, -0.15) is 0 Å². The quantitative estimate of drug-likeness (QED) is 0.141. The lowest BCUT2D eigenvalue weighted by atomic mass is 9.86. The van der Waals surface area contributed by atoms with Crippen molar-refractivity contribution in [3.8, 4) is 34.5 Å². The molecule has 2 aliphatic heterocycles. The Bertz CT molecular complexity index is 1950. The molecule has 12 nitrogen and oxygen atoms in total. The van der Waals surface area contributed by atoms with Crippen molar-refractivity contribution in [2.45, 2.75) is 36.1 Å². The number of alkyl halides is 3. The van der Waals surface area contributed by atoms with Crippen LogP contribution in [0.25, 0.3) is 0 Å². The molecule has 2 saturated heterocycles. The molecule has 0 aliphatic carbocycles. The molecule has 2 fully saturated rings. The van der Waals surface area contributed by atoms with Gasteiger partial charge in [-0.1, -0.05) is 24.3 Å². The monoisotopic (exact) mass is 786 g/mol. The molecule has 54 heavy (non-hydrogen) atoms. The van der Waals surface area contributed by atoms with E-state index in [1.807, 2.05) is 31.2 Å². The van der Waals surface area contributed by atoms with Gasteiger partial charge in [0.2, 0.25) is 11.8 Å². The van der Waals surface area contributed by atoms with Crippen LogP contribution in [0.5, 0.6) is 34.5 Å². The van der Waals surface area contributed by atoms with Gasteiger partial charge < -0.3 is 38.2 Å². The molecule has 2 aromatic heterocycles. The first kappa shape index (κ1) is 38.7. The molecule has 2 atom stereocenters. The molecule has 0 saturated carbocycles. The summed E-state index contributed by atoms with van der Waals surface area (Å²) in [6.07, 6.45) is 1.13. The highest BCUT2D eigenvalue weighted by Gasteiger charge is 2.71. The number of halogens is 3. The molecular formula is C37H37F3N4O8S2. The average Bonchev–Trinajstić information content (AvgIpc) is 3.67. The highest BCUT2D eigenvalue weighted by atomic mass is 32.2. The number of hydrogen-bond donors (Lipinski definition) is 0. The number of aromatic nitrogens is 2. The predicted molar refractivity (Wildman–Crippen MR) is 195 cm³/mol. The average molecular weight is 787 g/mol. The zero-order valence-corrected chi connectivity index (χ0v) is 31.6. The number of thioether (sulfide) groups is 2. The molecule has 2 aliphatic rings. The van der Waals surface area contributed by atoms with Gasteiger partial charge in [-0.3, -0.25) is 19.6 Å². The number of rotatable bonds is 14. The number of ether oxygens (including phenoxy) is 6. The molecule has 17 heteroatoms. The Labute approximate surface area is 318 Å². The van der Waals surface area contributed by atoms with E-state index >= 15 is 0 Å². The van der Waals surface area contributed by atoms with Crippen molar-refractivity contribution in [1.29, 1.82) is 0 Å². The number of hydrogen-bond acceptors (Lipinski definition) is 12. The summed E-state index contributed by atoms with van der Waals surface area (Å²) in [5.41, 5.74) is 2.03. The predicted octanol–water partition coefficient (Wildman–Crippen LogP) is 6.37. The second kappa shape index (κ2) is 15.8. The molecular weight excluding hydrogens is 750 g/mol. The van der Waals surface area contributed by atoms with Crippen LogP contribution in [-0.2, 0) is 32.4 Å². The van der Waals surface area contributed by atoms with Crippen molar-refractivity contribution < 1.29 is 51.2 Å². The van der Waals surface area contributed by atoms with Gasteiger partial charge in [0.05, 0.1) is 82.5 Å². The smallest absolute Gasteiger partial charge is 0.495 e. The number of pyridine rings is 2. The molecule has 2 amide bonds. The zero-order chi connectivity index (χ0) is 38.7. The van der Waals surface area contributed by atoms with E-state index < -0.39 is 21.9 Å². The molecule has 4 heterocycles. The fourth-order valence-electron chi connectivity index (χ4n) is 6.86. The van der Waals surface area contributed by atoms with Gasteiger partial charge in [0, 0.05) is 13.1 Å². The second-order valence-corrected chi connectivity index (χ2v) is 14.3. The van der Waals surface area contributed by atoms with Crippen LogP contribution < -0.4 is 28.4 Å². The summed E-state index contributed by atoms with van der Waals surface area (Å²) in [4.78, 5) is 37.9. The van der Waals surface area contributed by atoms with E-state index in [4.69, 9.17) is 23.7 Å². The standard InChI is InChI=1S/C37H37F3N4O8S2/c1-6-51-25-11-7-23(8-12-25)19-43-31(45)21-53-35(43,33-27(47-2)15-41-16-28(33)48-3)36(34-29(49-4)17-42-18-30(34)50-5)44(32(46)22-54-36)20-24-9-13-26(14-10-24)52-37(38,39)40/h7-18H,6,19-22H2,1-5H3. The van der Waals surface area contributed by atoms with Crippen molar-refractivity contribution in [3.05, 3.63) is 95.6 Å². The molecule has 6 rings (SSSR count). The van der Waals surface area contributed by atoms with E-state index in [0.717, 1.165) is 5.56 Å². The first-order valence-electron chi connectivity index (χ1n) is 16.5. The van der Waals surface area contributed by atoms with Crippen LogP contribution in [0.4, 0.5) is 13.2 Å². The third-order valence-corrected chi connectivity index (χ3v) is 12.2. The van der Waals surface area contributed by atoms with Crippen molar-refractivity contribution in [1.82, 2.24) is 19.8 Å². The van der Waals surface area contributed by atoms with E-state index in [-0.39, 0.29) is 59.4 Å². The van der Waals surface area contributed by atoms with Crippen LogP contribution in [-0.4, -0.2) is 84.5 Å². The fourth-order valence-corrected chi connectivity index (χ4v) is 10.3. The maximum absolute atomic E-state index is 14.6. The summed E-state index contributed by atoms with van der Waals surface area (Å²) in [7, 11) is 5.87. The second-order valence-electron chi connectivity index (χ2n) is 11.9. The third kappa shape index (κ3) is 6.90. The summed E-state index contributed by atoms with van der Waals surface area (Å²) in [5.74, 6) is 0.621. The Morgan fingerprint density at radius 2 is 1.02 bits per heavy atom. The summed E-state index contributed by atoms with van der Waals surface area (Å²) in [5, 5.41) is 0. The van der Waals surface area contributed by atoms with Gasteiger partial charge >= 0.3 is 6.36 Å². The maximum atomic E-state index is 14.6. The lowest BCUT2D eigenvalue weighted by molar-refractivity contribution is -0.274. The summed E-state index contributed by atoms with van der Waals surface area (Å²) < 4.78 is 72.9. The van der Waals surface area contributed by atoms with Crippen LogP contribution >= 0.6 is 23.5 Å². The van der Waals surface area contributed by atoms with Crippen LogP contribution in [0.2, 0.25) is 0 Å². The molecule has 286 valence electrons. The van der Waals surface area contributed by atoms with E-state index in [0.29, 0.717) is 29.0 Å². The van der Waals surface area contributed by atoms with Crippen molar-refractivity contribution in [2.75, 3.05) is 46.6 Å². The minimum absolute atomic E-state index is 0.0187. The molecule has 0 spiro atoms. The van der Waals surface area contributed by atoms with Crippen molar-refractivity contribution >= 4 is 35.3 Å². The summed E-state index contributed by atoms with van der Waals surface area (Å²) in [6, 6.07) is 12.6. The Morgan fingerprint density at radius 1 is 0.648 bits per heavy atom. The molecule has 0 radical (unpaired) electrons. The number of carbonyl (C=O) groups excluding carboxylic acids is 2. The number of benzene rings is 2. The van der Waals surface area contributed by atoms with Gasteiger partial charge in [-0.05, 0) is 42.3 Å². The first-order chi connectivity index (χ1) is 26.0. The molecule has 2 unspecified atom stereocenters. The van der Waals surface area contributed by atoms with Gasteiger partial charge in [0.25, 0.3) is 0 Å². The number of amides is 2. The fraction of sp³-hybridized carbons (Fsp3) is 0.351. The van der Waals surface area contributed by atoms with Gasteiger partial charge in [0.15, 0.2) is 9.74 Å². The number of nitrogens with zero attached hydrogens (tertiary/aromatic N) is 4. The summed E-state index contributed by atoms with van der Waals surface area (Å²) >= 11 is 2.53. The number of carbonyl (C=O) groups is 2. The van der Waals surface area contributed by atoms with Crippen LogP contribution in [0.15, 0.2) is 73.3 Å². The van der Waals surface area contributed by atoms with Crippen LogP contribution in [0.3, 0.4) is 0 Å². The largest absolute Gasteiger partial charge is 0.573 e. The highest BCUT2D eigenvalue weighted by molar-refractivity contribution is 8.05. The van der Waals surface area contributed by atoms with E-state index in [1.165, 1.54) is 101 Å². The first-order valence-corrected chi connectivity index (χ1v) is 18.5. The van der Waals surface area contributed by atoms with Gasteiger partial charge in [0.1, 0.15) is 34.5 Å². The Kier molecular flexibility index (Phi) is 11.3. The molecule has 0 N–H and O–H groups in total.